The Balaban J connectivity index is 1.90. The number of piperidine rings is 1. The molecule has 3 aromatic carbocycles. The molecule has 1 aliphatic rings. The molecule has 1 saturated heterocycles. The Labute approximate surface area is 194 Å². The fourth-order valence-corrected chi connectivity index (χ4v) is 5.83. The molecule has 0 bridgehead atoms. The summed E-state index contributed by atoms with van der Waals surface area (Å²) in [6.45, 7) is 3.12. The molecule has 0 amide bonds. The van der Waals surface area contributed by atoms with E-state index in [0.29, 0.717) is 6.54 Å². The Morgan fingerprint density at radius 3 is 1.81 bits per heavy atom. The minimum atomic E-state index is -0.482. The van der Waals surface area contributed by atoms with Crippen molar-refractivity contribution in [3.63, 3.8) is 0 Å². The van der Waals surface area contributed by atoms with Crippen molar-refractivity contribution in [2.24, 2.45) is 0 Å². The van der Waals surface area contributed by atoms with E-state index in [0.717, 1.165) is 18.5 Å². The lowest BCUT2D eigenvalue weighted by atomic mass is 9.74. The van der Waals surface area contributed by atoms with Crippen LogP contribution in [0.25, 0.3) is 0 Å². The highest BCUT2D eigenvalue weighted by Crippen LogP contribution is 2.45. The number of likely N-dealkylation sites (tertiary alicyclic amines) is 1. The molecule has 1 aliphatic heterocycles. The van der Waals surface area contributed by atoms with E-state index in [9.17, 15) is 9.90 Å². The summed E-state index contributed by atoms with van der Waals surface area (Å²) < 4.78 is 0. The van der Waals surface area contributed by atoms with Crippen LogP contribution < -0.4 is 0 Å². The molecule has 1 fully saturated rings. The van der Waals surface area contributed by atoms with E-state index >= 15 is 0 Å². The predicted molar refractivity (Wildman–Crippen MR) is 133 cm³/mol. The average molecular weight is 444 g/mol. The van der Waals surface area contributed by atoms with Crippen LogP contribution in [0.3, 0.4) is 0 Å². The Morgan fingerprint density at radius 1 is 0.938 bits per heavy atom. The third-order valence-electron chi connectivity index (χ3n) is 6.16. The monoisotopic (exact) mass is 443 g/mol. The Kier molecular flexibility index (Phi) is 7.26. The maximum absolute atomic E-state index is 11.9. The van der Waals surface area contributed by atoms with Crippen LogP contribution in [-0.2, 0) is 10.3 Å². The van der Waals surface area contributed by atoms with Crippen LogP contribution in [0, 0.1) is 0 Å². The van der Waals surface area contributed by atoms with Crippen LogP contribution >= 0.6 is 11.8 Å². The molecule has 1 heterocycles. The average Bonchev–Trinajstić information content (AvgIpc) is 2.83. The fraction of sp³-hybridized carbons (Fsp3) is 0.250. The summed E-state index contributed by atoms with van der Waals surface area (Å²) >= 11 is 1.38. The lowest BCUT2D eigenvalue weighted by Gasteiger charge is -2.49. The summed E-state index contributed by atoms with van der Waals surface area (Å²) in [7, 11) is 0. The largest absolute Gasteiger partial charge is 0.392 e. The van der Waals surface area contributed by atoms with Crippen LogP contribution in [0.2, 0.25) is 0 Å². The maximum atomic E-state index is 11.9. The number of hydrogen-bond acceptors (Lipinski definition) is 4. The van der Waals surface area contributed by atoms with Gasteiger partial charge >= 0.3 is 0 Å². The second-order valence-electron chi connectivity index (χ2n) is 8.08. The number of rotatable bonds is 6. The Hall–Kier alpha value is -2.66. The minimum Gasteiger partial charge on any atom is -0.392 e. The van der Waals surface area contributed by atoms with Crippen molar-refractivity contribution < 1.29 is 9.90 Å². The van der Waals surface area contributed by atoms with Gasteiger partial charge in [-0.2, -0.15) is 0 Å². The van der Waals surface area contributed by atoms with Gasteiger partial charge in [0.05, 0.1) is 12.1 Å². The van der Waals surface area contributed by atoms with E-state index in [1.165, 1.54) is 28.5 Å². The van der Waals surface area contributed by atoms with Crippen LogP contribution in [0.5, 0.6) is 0 Å². The van der Waals surface area contributed by atoms with Gasteiger partial charge in [-0.1, -0.05) is 109 Å². The summed E-state index contributed by atoms with van der Waals surface area (Å²) in [4.78, 5) is 14.4. The number of benzene rings is 3. The van der Waals surface area contributed by atoms with E-state index in [1.807, 2.05) is 6.08 Å². The minimum absolute atomic E-state index is 0.0207. The summed E-state index contributed by atoms with van der Waals surface area (Å²) in [6.07, 6.45) is 2.74. The Bertz CT molecular complexity index is 954. The molecule has 1 N–H and O–H groups in total. The standard InChI is InChI=1S/C28H29NO2S/c1-22(31)32-27-17-19-29(21-23(27)18-20-30)28(24-11-5-2-6-12-24,25-13-7-3-8-14-25)26-15-9-4-10-16-26/h2-16,18,27,30H,17,19-21H2,1H3/b23-18+. The van der Waals surface area contributed by atoms with Crippen molar-refractivity contribution in [2.45, 2.75) is 24.1 Å². The van der Waals surface area contributed by atoms with Gasteiger partial charge in [-0.25, -0.2) is 0 Å². The van der Waals surface area contributed by atoms with Gasteiger partial charge in [0.1, 0.15) is 0 Å². The number of carbonyl (C=O) groups excluding carboxylic acids is 1. The molecule has 0 aliphatic carbocycles. The van der Waals surface area contributed by atoms with Crippen molar-refractivity contribution in [2.75, 3.05) is 19.7 Å². The highest BCUT2D eigenvalue weighted by molar-refractivity contribution is 8.14. The molecular weight excluding hydrogens is 414 g/mol. The lowest BCUT2D eigenvalue weighted by molar-refractivity contribution is -0.109. The van der Waals surface area contributed by atoms with Crippen molar-refractivity contribution in [3.8, 4) is 0 Å². The topological polar surface area (TPSA) is 40.5 Å². The second-order valence-corrected chi connectivity index (χ2v) is 9.46. The van der Waals surface area contributed by atoms with Gasteiger partial charge in [-0.05, 0) is 28.7 Å². The molecule has 32 heavy (non-hydrogen) atoms. The van der Waals surface area contributed by atoms with E-state index in [1.54, 1.807) is 6.92 Å². The normalized spacial score (nSPS) is 18.6. The third kappa shape index (κ3) is 4.44. The number of hydrogen-bond donors (Lipinski definition) is 1. The zero-order valence-electron chi connectivity index (χ0n) is 18.4. The van der Waals surface area contributed by atoms with E-state index < -0.39 is 5.54 Å². The first-order chi connectivity index (χ1) is 15.7. The highest BCUT2D eigenvalue weighted by Gasteiger charge is 2.44. The molecule has 1 atom stereocenters. The molecule has 1 unspecified atom stereocenters. The summed E-state index contributed by atoms with van der Waals surface area (Å²) in [5.74, 6) is 0. The van der Waals surface area contributed by atoms with Gasteiger partial charge in [0.25, 0.3) is 0 Å². The molecule has 0 spiro atoms. The highest BCUT2D eigenvalue weighted by atomic mass is 32.2. The SMILES string of the molecule is CC(=O)SC1CCN(C(c2ccccc2)(c2ccccc2)c2ccccc2)C/C1=C\CO. The first-order valence-corrected chi connectivity index (χ1v) is 11.9. The van der Waals surface area contributed by atoms with Gasteiger partial charge in [0.15, 0.2) is 5.12 Å². The molecule has 0 aromatic heterocycles. The molecule has 0 radical (unpaired) electrons. The number of aliphatic hydroxyl groups is 1. The molecule has 0 saturated carbocycles. The summed E-state index contributed by atoms with van der Waals surface area (Å²) in [5, 5.41) is 9.95. The molecule has 164 valence electrons. The Morgan fingerprint density at radius 2 is 1.41 bits per heavy atom. The van der Waals surface area contributed by atoms with Gasteiger partial charge in [-0.3, -0.25) is 9.69 Å². The van der Waals surface area contributed by atoms with Gasteiger partial charge in [-0.15, -0.1) is 0 Å². The molecule has 3 nitrogen and oxygen atoms in total. The second kappa shape index (κ2) is 10.3. The number of thioether (sulfide) groups is 1. The van der Waals surface area contributed by atoms with Crippen molar-refractivity contribution in [1.29, 1.82) is 0 Å². The maximum Gasteiger partial charge on any atom is 0.186 e. The predicted octanol–water partition coefficient (Wildman–Crippen LogP) is 5.25. The van der Waals surface area contributed by atoms with Crippen LogP contribution in [-0.4, -0.2) is 40.1 Å². The van der Waals surface area contributed by atoms with E-state index in [2.05, 4.69) is 95.9 Å². The number of aliphatic hydroxyl groups excluding tert-OH is 1. The van der Waals surface area contributed by atoms with E-state index in [4.69, 9.17) is 0 Å². The van der Waals surface area contributed by atoms with Gasteiger partial charge in [0.2, 0.25) is 0 Å². The molecule has 3 aromatic rings. The molecule has 4 heteroatoms. The van der Waals surface area contributed by atoms with Crippen molar-refractivity contribution in [3.05, 3.63) is 119 Å². The first-order valence-electron chi connectivity index (χ1n) is 11.0. The zero-order valence-corrected chi connectivity index (χ0v) is 19.2. The van der Waals surface area contributed by atoms with E-state index in [-0.39, 0.29) is 17.0 Å². The summed E-state index contributed by atoms with van der Waals surface area (Å²) in [6, 6.07) is 31.9. The van der Waals surface area contributed by atoms with Crippen LogP contribution in [0.1, 0.15) is 30.0 Å². The number of nitrogens with zero attached hydrogens (tertiary/aromatic N) is 1. The van der Waals surface area contributed by atoms with Crippen LogP contribution in [0.15, 0.2) is 103 Å². The lowest BCUT2D eigenvalue weighted by Crippen LogP contribution is -2.52. The van der Waals surface area contributed by atoms with Gasteiger partial charge < -0.3 is 5.11 Å². The zero-order chi connectivity index (χ0) is 22.4. The van der Waals surface area contributed by atoms with Crippen molar-refractivity contribution >= 4 is 16.9 Å². The van der Waals surface area contributed by atoms with Crippen molar-refractivity contribution in [1.82, 2.24) is 4.90 Å². The quantitative estimate of drug-likeness (QED) is 0.417. The first kappa shape index (κ1) is 22.5. The molecule has 4 rings (SSSR count). The summed E-state index contributed by atoms with van der Waals surface area (Å²) in [5.41, 5.74) is 4.26. The fourth-order valence-electron chi connectivity index (χ4n) is 4.88. The van der Waals surface area contributed by atoms with Crippen LogP contribution in [0.4, 0.5) is 0 Å². The smallest absolute Gasteiger partial charge is 0.186 e. The molecular formula is C28H29NO2S. The third-order valence-corrected chi connectivity index (χ3v) is 7.31. The van der Waals surface area contributed by atoms with Gasteiger partial charge in [0, 0.05) is 25.3 Å². The number of carbonyl (C=O) groups is 1.